The molecule has 192 valence electrons. The highest BCUT2D eigenvalue weighted by Crippen LogP contribution is 2.26. The van der Waals surface area contributed by atoms with Crippen LogP contribution in [0.25, 0.3) is 10.9 Å². The Balaban J connectivity index is 1.08. The zero-order valence-corrected chi connectivity index (χ0v) is 23.0. The molecule has 6 nitrogen and oxygen atoms in total. The molecule has 0 saturated heterocycles. The van der Waals surface area contributed by atoms with Crippen LogP contribution in [0.15, 0.2) is 77.3 Å². The van der Waals surface area contributed by atoms with E-state index in [0.29, 0.717) is 18.7 Å². The lowest BCUT2D eigenvalue weighted by atomic mass is 9.91. The second kappa shape index (κ2) is 11.9. The molecule has 0 atom stereocenters. The first-order chi connectivity index (χ1) is 18.0. The monoisotopic (exact) mass is 559 g/mol. The minimum atomic E-state index is 0.399. The normalized spacial score (nSPS) is 17.5. The summed E-state index contributed by atoms with van der Waals surface area (Å²) in [5, 5.41) is 8.42. The summed E-state index contributed by atoms with van der Waals surface area (Å²) in [7, 11) is 4.06. The molecule has 3 aromatic carbocycles. The molecule has 0 unspecified atom stereocenters. The maximum Gasteiger partial charge on any atom is 0.225 e. The summed E-state index contributed by atoms with van der Waals surface area (Å²) in [4.78, 5) is 11.6. The van der Waals surface area contributed by atoms with Gasteiger partial charge in [0.05, 0.1) is 5.52 Å². The summed E-state index contributed by atoms with van der Waals surface area (Å²) in [5.74, 6) is 2.57. The maximum atomic E-state index is 5.93. The van der Waals surface area contributed by atoms with Crippen LogP contribution in [0.1, 0.15) is 36.8 Å². The topological polar surface area (TPSA) is 62.3 Å². The van der Waals surface area contributed by atoms with Gasteiger partial charge in [-0.25, -0.2) is 4.98 Å². The average Bonchev–Trinajstić information content (AvgIpc) is 2.92. The quantitative estimate of drug-likeness (QED) is 0.242. The van der Waals surface area contributed by atoms with Crippen molar-refractivity contribution >= 4 is 38.6 Å². The number of para-hydroxylation sites is 1. The van der Waals surface area contributed by atoms with Gasteiger partial charge in [-0.05, 0) is 73.2 Å². The van der Waals surface area contributed by atoms with Gasteiger partial charge in [-0.2, -0.15) is 4.98 Å². The number of nitrogens with zero attached hydrogens (tertiary/aromatic N) is 3. The number of hydrogen-bond donors (Lipinski definition) is 2. The third kappa shape index (κ3) is 6.79. The minimum absolute atomic E-state index is 0.399. The molecule has 0 spiro atoms. The van der Waals surface area contributed by atoms with Gasteiger partial charge in [0.25, 0.3) is 0 Å². The first kappa shape index (κ1) is 25.5. The third-order valence-electron chi connectivity index (χ3n) is 6.90. The van der Waals surface area contributed by atoms with Crippen LogP contribution < -0.4 is 20.3 Å². The number of aromatic nitrogens is 2. The van der Waals surface area contributed by atoms with Crippen LogP contribution in [0, 0.1) is 0 Å². The molecular formula is C30H34BrN5O. The maximum absolute atomic E-state index is 5.93. The Morgan fingerprint density at radius 3 is 2.24 bits per heavy atom. The van der Waals surface area contributed by atoms with E-state index >= 15 is 0 Å². The average molecular weight is 561 g/mol. The van der Waals surface area contributed by atoms with Crippen molar-refractivity contribution in [3.63, 3.8) is 0 Å². The second-order valence-corrected chi connectivity index (χ2v) is 10.8. The fourth-order valence-electron chi connectivity index (χ4n) is 4.80. The fraction of sp³-hybridized carbons (Fsp3) is 0.333. The van der Waals surface area contributed by atoms with E-state index in [9.17, 15) is 0 Å². The Kier molecular flexibility index (Phi) is 8.21. The predicted octanol–water partition coefficient (Wildman–Crippen LogP) is 6.55. The first-order valence-electron chi connectivity index (χ1n) is 12.9. The molecule has 0 radical (unpaired) electrons. The van der Waals surface area contributed by atoms with Gasteiger partial charge < -0.3 is 20.3 Å². The number of fused-ring (bicyclic) bond motifs is 1. The summed E-state index contributed by atoms with van der Waals surface area (Å²) >= 11 is 3.47. The van der Waals surface area contributed by atoms with E-state index in [1.807, 2.05) is 38.4 Å². The smallest absolute Gasteiger partial charge is 0.225 e. The van der Waals surface area contributed by atoms with Gasteiger partial charge in [0.1, 0.15) is 18.2 Å². The lowest BCUT2D eigenvalue weighted by molar-refractivity contribution is 0.306. The summed E-state index contributed by atoms with van der Waals surface area (Å²) in [6.45, 7) is 1.44. The van der Waals surface area contributed by atoms with E-state index in [2.05, 4.69) is 80.0 Å². The zero-order chi connectivity index (χ0) is 25.6. The molecule has 1 aliphatic carbocycles. The van der Waals surface area contributed by atoms with Crippen LogP contribution >= 0.6 is 15.9 Å². The van der Waals surface area contributed by atoms with E-state index in [-0.39, 0.29) is 0 Å². The molecule has 7 heteroatoms. The number of benzene rings is 3. The summed E-state index contributed by atoms with van der Waals surface area (Å²) in [6, 6.07) is 25.8. The molecule has 2 N–H and O–H groups in total. The van der Waals surface area contributed by atoms with Crippen molar-refractivity contribution in [2.24, 2.45) is 0 Å². The van der Waals surface area contributed by atoms with E-state index < -0.39 is 0 Å². The molecule has 37 heavy (non-hydrogen) atoms. The molecule has 4 aromatic rings. The highest BCUT2D eigenvalue weighted by atomic mass is 79.9. The van der Waals surface area contributed by atoms with Gasteiger partial charge >= 0.3 is 0 Å². The third-order valence-corrected chi connectivity index (χ3v) is 7.43. The zero-order valence-electron chi connectivity index (χ0n) is 21.5. The lowest BCUT2D eigenvalue weighted by Gasteiger charge is -2.30. The van der Waals surface area contributed by atoms with Gasteiger partial charge in [-0.15, -0.1) is 0 Å². The van der Waals surface area contributed by atoms with Gasteiger partial charge in [0, 0.05) is 42.6 Å². The van der Waals surface area contributed by atoms with Crippen LogP contribution in [0.2, 0.25) is 0 Å². The SMILES string of the molecule is CN(C)c1nc(NC2CCC(NCc3ccc(OCc4ccc(Br)cc4)cc3)CC2)nc2ccccc12. The van der Waals surface area contributed by atoms with E-state index in [0.717, 1.165) is 70.7 Å². The molecule has 1 saturated carbocycles. The standard InChI is InChI=1S/C30H34BrN5O/c1-36(2)29-27-5-3-4-6-28(27)34-30(35-29)33-25-15-13-24(14-16-25)32-19-21-9-17-26(18-10-21)37-20-22-7-11-23(31)12-8-22/h3-12,17-18,24-25,32H,13-16,19-20H2,1-2H3,(H,33,34,35). The highest BCUT2D eigenvalue weighted by Gasteiger charge is 2.22. The summed E-state index contributed by atoms with van der Waals surface area (Å²) in [5.41, 5.74) is 3.41. The molecule has 0 aliphatic heterocycles. The summed E-state index contributed by atoms with van der Waals surface area (Å²) < 4.78 is 7.01. The highest BCUT2D eigenvalue weighted by molar-refractivity contribution is 9.10. The fourth-order valence-corrected chi connectivity index (χ4v) is 5.07. The van der Waals surface area contributed by atoms with Gasteiger partial charge in [-0.3, -0.25) is 0 Å². The van der Waals surface area contributed by atoms with Gasteiger partial charge in [0.15, 0.2) is 0 Å². The van der Waals surface area contributed by atoms with Crippen LogP contribution in [-0.2, 0) is 13.2 Å². The predicted molar refractivity (Wildman–Crippen MR) is 155 cm³/mol. The van der Waals surface area contributed by atoms with Crippen molar-refractivity contribution < 1.29 is 4.74 Å². The lowest BCUT2D eigenvalue weighted by Crippen LogP contribution is -2.37. The van der Waals surface area contributed by atoms with Crippen molar-refractivity contribution in [2.45, 2.75) is 50.9 Å². The number of anilines is 2. The van der Waals surface area contributed by atoms with Crippen molar-refractivity contribution in [3.05, 3.63) is 88.4 Å². The molecule has 1 aliphatic rings. The molecule has 0 amide bonds. The molecule has 1 aromatic heterocycles. The van der Waals surface area contributed by atoms with Crippen molar-refractivity contribution in [1.82, 2.24) is 15.3 Å². The molecule has 5 rings (SSSR count). The van der Waals surface area contributed by atoms with Gasteiger partial charge in [-0.1, -0.05) is 52.3 Å². The summed E-state index contributed by atoms with van der Waals surface area (Å²) in [6.07, 6.45) is 4.49. The Labute approximate surface area is 227 Å². The number of ether oxygens (including phenoxy) is 1. The number of halogens is 1. The molecule has 0 bridgehead atoms. The minimum Gasteiger partial charge on any atom is -0.489 e. The van der Waals surface area contributed by atoms with E-state index in [1.165, 1.54) is 5.56 Å². The second-order valence-electron chi connectivity index (χ2n) is 9.92. The largest absolute Gasteiger partial charge is 0.489 e. The first-order valence-corrected chi connectivity index (χ1v) is 13.7. The van der Waals surface area contributed by atoms with E-state index in [1.54, 1.807) is 0 Å². The van der Waals surface area contributed by atoms with E-state index in [4.69, 9.17) is 14.7 Å². The van der Waals surface area contributed by atoms with Crippen molar-refractivity contribution in [1.29, 1.82) is 0 Å². The van der Waals surface area contributed by atoms with Crippen molar-refractivity contribution in [3.8, 4) is 5.75 Å². The van der Waals surface area contributed by atoms with Gasteiger partial charge in [0.2, 0.25) is 5.95 Å². The Bertz CT molecular complexity index is 1300. The molecular weight excluding hydrogens is 526 g/mol. The molecule has 1 heterocycles. The van der Waals surface area contributed by atoms with Crippen LogP contribution in [0.4, 0.5) is 11.8 Å². The Morgan fingerprint density at radius 1 is 0.838 bits per heavy atom. The van der Waals surface area contributed by atoms with Crippen LogP contribution in [0.3, 0.4) is 0 Å². The van der Waals surface area contributed by atoms with Crippen molar-refractivity contribution in [2.75, 3.05) is 24.3 Å². The Morgan fingerprint density at radius 2 is 1.51 bits per heavy atom. The number of hydrogen-bond acceptors (Lipinski definition) is 6. The van der Waals surface area contributed by atoms with Crippen LogP contribution in [-0.4, -0.2) is 36.1 Å². The Hall–Kier alpha value is -3.16. The van der Waals surface area contributed by atoms with Crippen LogP contribution in [0.5, 0.6) is 5.75 Å². The molecule has 1 fully saturated rings. The number of rotatable bonds is 9. The number of nitrogens with one attached hydrogen (secondary N) is 2.